The number of anilines is 1. The van der Waals surface area contributed by atoms with E-state index in [1.165, 1.54) is 6.07 Å². The van der Waals surface area contributed by atoms with Crippen LogP contribution in [-0.2, 0) is 4.79 Å². The minimum atomic E-state index is -0.362. The number of carbonyl (C=O) groups is 1. The molecule has 0 saturated heterocycles. The molecule has 1 aliphatic carbocycles. The van der Waals surface area contributed by atoms with Gasteiger partial charge in [0.25, 0.3) is 0 Å². The Balaban J connectivity index is 1.97. The zero-order chi connectivity index (χ0) is 10.8. The Labute approximate surface area is 96.0 Å². The van der Waals surface area contributed by atoms with E-state index in [-0.39, 0.29) is 11.7 Å². The molecule has 0 spiro atoms. The molecule has 1 amide bonds. The number of hydrogen-bond donors (Lipinski definition) is 1. The summed E-state index contributed by atoms with van der Waals surface area (Å²) >= 11 is 3.06. The summed E-state index contributed by atoms with van der Waals surface area (Å²) in [7, 11) is 0. The van der Waals surface area contributed by atoms with Crippen molar-refractivity contribution in [3.63, 3.8) is 0 Å². The van der Waals surface area contributed by atoms with Crippen molar-refractivity contribution in [2.75, 3.05) is 5.32 Å². The highest BCUT2D eigenvalue weighted by Gasteiger charge is 2.24. The van der Waals surface area contributed by atoms with E-state index < -0.39 is 0 Å². The summed E-state index contributed by atoms with van der Waals surface area (Å²) < 4.78 is 13.5. The van der Waals surface area contributed by atoms with Crippen LogP contribution in [0.1, 0.15) is 19.3 Å². The molecule has 2 nitrogen and oxygen atoms in total. The van der Waals surface area contributed by atoms with Crippen molar-refractivity contribution >= 4 is 27.5 Å². The lowest BCUT2D eigenvalue weighted by Crippen LogP contribution is -2.11. The van der Waals surface area contributed by atoms with Gasteiger partial charge < -0.3 is 5.32 Å². The van der Waals surface area contributed by atoms with E-state index in [2.05, 4.69) is 21.2 Å². The van der Waals surface area contributed by atoms with Gasteiger partial charge in [0.2, 0.25) is 5.91 Å². The predicted octanol–water partition coefficient (Wildman–Crippen LogP) is 3.33. The van der Waals surface area contributed by atoms with Crippen LogP contribution in [0.5, 0.6) is 0 Å². The highest BCUT2D eigenvalue weighted by atomic mass is 79.9. The van der Waals surface area contributed by atoms with Gasteiger partial charge in [0.05, 0.1) is 4.47 Å². The van der Waals surface area contributed by atoms with Crippen LogP contribution < -0.4 is 5.32 Å². The van der Waals surface area contributed by atoms with Crippen LogP contribution in [0.2, 0.25) is 0 Å². The third-order valence-electron chi connectivity index (χ3n) is 2.37. The predicted molar refractivity (Wildman–Crippen MR) is 60.1 cm³/mol. The summed E-state index contributed by atoms with van der Waals surface area (Å²) in [6.45, 7) is 0. The summed E-state index contributed by atoms with van der Waals surface area (Å²) in [6.07, 6.45) is 2.84. The van der Waals surface area contributed by atoms with Crippen molar-refractivity contribution in [3.05, 3.63) is 28.5 Å². The van der Waals surface area contributed by atoms with Gasteiger partial charge in [0.1, 0.15) is 5.82 Å². The molecule has 0 aromatic heterocycles. The Bertz CT molecular complexity index is 390. The third-order valence-corrected chi connectivity index (χ3v) is 3.02. The minimum Gasteiger partial charge on any atom is -0.326 e. The molecule has 0 heterocycles. The van der Waals surface area contributed by atoms with Crippen molar-refractivity contribution in [2.45, 2.75) is 19.3 Å². The first-order chi connectivity index (χ1) is 7.15. The zero-order valence-corrected chi connectivity index (χ0v) is 9.68. The third kappa shape index (κ3) is 3.02. The van der Waals surface area contributed by atoms with Gasteiger partial charge in [-0.3, -0.25) is 4.79 Å². The van der Waals surface area contributed by atoms with Crippen molar-refractivity contribution < 1.29 is 9.18 Å². The van der Waals surface area contributed by atoms with Crippen LogP contribution in [0.4, 0.5) is 10.1 Å². The van der Waals surface area contributed by atoms with Crippen LogP contribution in [0.15, 0.2) is 22.7 Å². The molecule has 1 aromatic rings. The van der Waals surface area contributed by atoms with Gasteiger partial charge in [-0.2, -0.15) is 0 Å². The SMILES string of the molecule is O=C(CC1CC1)Nc1ccc(Br)c(F)c1. The first kappa shape index (κ1) is 10.6. The Morgan fingerprint density at radius 3 is 2.87 bits per heavy atom. The molecular weight excluding hydrogens is 261 g/mol. The Hall–Kier alpha value is -0.900. The maximum absolute atomic E-state index is 13.1. The van der Waals surface area contributed by atoms with Crippen LogP contribution in [0.3, 0.4) is 0 Å². The molecule has 80 valence electrons. The van der Waals surface area contributed by atoms with Gasteiger partial charge in [-0.1, -0.05) is 0 Å². The lowest BCUT2D eigenvalue weighted by Gasteiger charge is -2.05. The van der Waals surface area contributed by atoms with E-state index in [9.17, 15) is 9.18 Å². The van der Waals surface area contributed by atoms with E-state index in [1.54, 1.807) is 12.1 Å². The zero-order valence-electron chi connectivity index (χ0n) is 8.09. The van der Waals surface area contributed by atoms with E-state index in [0.29, 0.717) is 22.5 Å². The number of rotatable bonds is 3. The molecule has 1 N–H and O–H groups in total. The maximum Gasteiger partial charge on any atom is 0.224 e. The molecule has 1 aliphatic rings. The second-order valence-electron chi connectivity index (χ2n) is 3.82. The molecule has 1 fully saturated rings. The fourth-order valence-corrected chi connectivity index (χ4v) is 1.62. The summed E-state index contributed by atoms with van der Waals surface area (Å²) in [5.74, 6) is 0.156. The highest BCUT2D eigenvalue weighted by Crippen LogP contribution is 2.32. The number of nitrogens with one attached hydrogen (secondary N) is 1. The Morgan fingerprint density at radius 1 is 1.53 bits per heavy atom. The summed E-state index contributed by atoms with van der Waals surface area (Å²) in [6, 6.07) is 4.58. The monoisotopic (exact) mass is 271 g/mol. The number of halogens is 2. The van der Waals surface area contributed by atoms with Crippen molar-refractivity contribution in [3.8, 4) is 0 Å². The first-order valence-corrected chi connectivity index (χ1v) is 5.69. The van der Waals surface area contributed by atoms with E-state index in [0.717, 1.165) is 12.8 Å². The number of benzene rings is 1. The number of amides is 1. The molecule has 2 rings (SSSR count). The average Bonchev–Trinajstić information content (AvgIpc) is 2.95. The second kappa shape index (κ2) is 4.31. The lowest BCUT2D eigenvalue weighted by atomic mass is 10.2. The van der Waals surface area contributed by atoms with Crippen molar-refractivity contribution in [1.29, 1.82) is 0 Å². The molecule has 1 aromatic carbocycles. The quantitative estimate of drug-likeness (QED) is 0.898. The molecule has 1 saturated carbocycles. The van der Waals surface area contributed by atoms with E-state index in [1.807, 2.05) is 0 Å². The van der Waals surface area contributed by atoms with Crippen molar-refractivity contribution in [2.24, 2.45) is 5.92 Å². The summed E-state index contributed by atoms with van der Waals surface area (Å²) in [4.78, 5) is 11.4. The van der Waals surface area contributed by atoms with Gasteiger partial charge in [0.15, 0.2) is 0 Å². The van der Waals surface area contributed by atoms with Gasteiger partial charge in [-0.05, 0) is 52.9 Å². The second-order valence-corrected chi connectivity index (χ2v) is 4.68. The molecule has 0 radical (unpaired) electrons. The van der Waals surface area contributed by atoms with Crippen LogP contribution >= 0.6 is 15.9 Å². The standard InChI is InChI=1S/C11H11BrFNO/c12-9-4-3-8(6-10(9)13)14-11(15)5-7-1-2-7/h3-4,6-7H,1-2,5H2,(H,14,15). The van der Waals surface area contributed by atoms with E-state index in [4.69, 9.17) is 0 Å². The van der Waals surface area contributed by atoms with Gasteiger partial charge in [-0.25, -0.2) is 4.39 Å². The Morgan fingerprint density at radius 2 is 2.27 bits per heavy atom. The molecule has 0 atom stereocenters. The van der Waals surface area contributed by atoms with Crippen molar-refractivity contribution in [1.82, 2.24) is 0 Å². The smallest absolute Gasteiger partial charge is 0.224 e. The summed E-state index contributed by atoms with van der Waals surface area (Å²) in [5.41, 5.74) is 0.515. The molecule has 0 bridgehead atoms. The van der Waals surface area contributed by atoms with Crippen LogP contribution in [-0.4, -0.2) is 5.91 Å². The molecular formula is C11H11BrFNO. The molecule has 4 heteroatoms. The fraction of sp³-hybridized carbons (Fsp3) is 0.364. The Kier molecular flexibility index (Phi) is 3.05. The van der Waals surface area contributed by atoms with Gasteiger partial charge in [-0.15, -0.1) is 0 Å². The summed E-state index contributed by atoms with van der Waals surface area (Å²) in [5, 5.41) is 2.68. The topological polar surface area (TPSA) is 29.1 Å². The van der Waals surface area contributed by atoms with Gasteiger partial charge >= 0.3 is 0 Å². The highest BCUT2D eigenvalue weighted by molar-refractivity contribution is 9.10. The lowest BCUT2D eigenvalue weighted by molar-refractivity contribution is -0.116. The first-order valence-electron chi connectivity index (χ1n) is 4.90. The maximum atomic E-state index is 13.1. The van der Waals surface area contributed by atoms with Crippen LogP contribution in [0, 0.1) is 11.7 Å². The molecule has 0 aliphatic heterocycles. The number of hydrogen-bond acceptors (Lipinski definition) is 1. The van der Waals surface area contributed by atoms with E-state index >= 15 is 0 Å². The van der Waals surface area contributed by atoms with Crippen LogP contribution in [0.25, 0.3) is 0 Å². The largest absolute Gasteiger partial charge is 0.326 e. The molecule has 0 unspecified atom stereocenters. The van der Waals surface area contributed by atoms with Gasteiger partial charge in [0, 0.05) is 12.1 Å². The fourth-order valence-electron chi connectivity index (χ4n) is 1.37. The molecule has 15 heavy (non-hydrogen) atoms. The number of carbonyl (C=O) groups excluding carboxylic acids is 1. The normalized spacial score (nSPS) is 15.1. The average molecular weight is 272 g/mol. The minimum absolute atomic E-state index is 0.0285.